The summed E-state index contributed by atoms with van der Waals surface area (Å²) in [6.07, 6.45) is -0.577. The number of fused-ring (bicyclic) bond motifs is 1. The van der Waals surface area contributed by atoms with Gasteiger partial charge in [-0.1, -0.05) is 78.5 Å². The second-order valence-electron chi connectivity index (χ2n) is 10.5. The Balaban J connectivity index is 1.12. The van der Waals surface area contributed by atoms with Crippen LogP contribution < -0.4 is 4.90 Å². The Morgan fingerprint density at radius 2 is 1.43 bits per heavy atom. The Morgan fingerprint density at radius 1 is 0.773 bits per heavy atom. The molecule has 3 heterocycles. The van der Waals surface area contributed by atoms with Crippen molar-refractivity contribution >= 4 is 29.3 Å². The number of ether oxygens (including phenoxy) is 2. The summed E-state index contributed by atoms with van der Waals surface area (Å²) in [5.41, 5.74) is 4.69. The molecule has 3 atom stereocenters. The van der Waals surface area contributed by atoms with Crippen LogP contribution in [-0.4, -0.2) is 49.0 Å². The summed E-state index contributed by atoms with van der Waals surface area (Å²) < 4.78 is 14.6. The standard InChI is InChI=1S/C33H27N5O5S/c39-19-21-10-12-22(13-11-21)29-18-26(20-44-33-34-35-36-38(33)25-6-2-1-3-7-25)42-32(43-29)23-14-16-24(17-15-23)37-30(40)27-8-4-5-9-28(27)31(37)41/h1-17,26,29,32,39H,18-20H2. The molecule has 4 aromatic carbocycles. The average molecular weight is 606 g/mol. The fourth-order valence-electron chi connectivity index (χ4n) is 5.39. The van der Waals surface area contributed by atoms with Crippen molar-refractivity contribution in [2.45, 2.75) is 36.7 Å². The van der Waals surface area contributed by atoms with E-state index in [2.05, 4.69) is 15.5 Å². The minimum absolute atomic E-state index is 0.0353. The van der Waals surface area contributed by atoms with Gasteiger partial charge in [-0.25, -0.2) is 4.90 Å². The van der Waals surface area contributed by atoms with Crippen molar-refractivity contribution in [1.29, 1.82) is 0 Å². The lowest BCUT2D eigenvalue weighted by atomic mass is 10.0. The summed E-state index contributed by atoms with van der Waals surface area (Å²) in [6.45, 7) is -0.0353. The Bertz CT molecular complexity index is 1760. The summed E-state index contributed by atoms with van der Waals surface area (Å²) in [5.74, 6) is -0.111. The molecule has 44 heavy (non-hydrogen) atoms. The van der Waals surface area contributed by atoms with Crippen LogP contribution in [0.2, 0.25) is 0 Å². The number of thioether (sulfide) groups is 1. The molecule has 1 saturated heterocycles. The number of hydrogen-bond donors (Lipinski definition) is 1. The maximum atomic E-state index is 13.0. The number of imide groups is 1. The van der Waals surface area contributed by atoms with Gasteiger partial charge in [0.1, 0.15) is 0 Å². The number of benzene rings is 4. The number of aromatic nitrogens is 4. The molecule has 3 unspecified atom stereocenters. The van der Waals surface area contributed by atoms with Crippen molar-refractivity contribution in [1.82, 2.24) is 20.2 Å². The molecule has 7 rings (SSSR count). The summed E-state index contributed by atoms with van der Waals surface area (Å²) >= 11 is 1.50. The summed E-state index contributed by atoms with van der Waals surface area (Å²) in [4.78, 5) is 27.2. The van der Waals surface area contributed by atoms with E-state index >= 15 is 0 Å². The highest BCUT2D eigenvalue weighted by Crippen LogP contribution is 2.40. The van der Waals surface area contributed by atoms with Crippen LogP contribution in [0.1, 0.15) is 56.2 Å². The normalized spacial score (nSPS) is 19.8. The van der Waals surface area contributed by atoms with Crippen molar-refractivity contribution in [2.24, 2.45) is 0 Å². The average Bonchev–Trinajstić information content (AvgIpc) is 3.66. The van der Waals surface area contributed by atoms with E-state index in [1.165, 1.54) is 16.7 Å². The van der Waals surface area contributed by atoms with Crippen molar-refractivity contribution in [3.05, 3.63) is 131 Å². The number of aliphatic hydroxyl groups excluding tert-OH is 1. The van der Waals surface area contributed by atoms with Crippen molar-refractivity contribution in [3.63, 3.8) is 0 Å². The number of carbonyl (C=O) groups excluding carboxylic acids is 2. The number of tetrazole rings is 1. The maximum Gasteiger partial charge on any atom is 0.266 e. The van der Waals surface area contributed by atoms with Gasteiger partial charge in [-0.3, -0.25) is 9.59 Å². The van der Waals surface area contributed by atoms with E-state index < -0.39 is 6.29 Å². The van der Waals surface area contributed by atoms with Crippen LogP contribution in [0.3, 0.4) is 0 Å². The fraction of sp³-hybridized carbons (Fsp3) is 0.182. The molecule has 220 valence electrons. The van der Waals surface area contributed by atoms with Gasteiger partial charge in [0, 0.05) is 17.7 Å². The molecule has 11 heteroatoms. The minimum atomic E-state index is -0.696. The third kappa shape index (κ3) is 5.42. The molecule has 10 nitrogen and oxygen atoms in total. The molecule has 5 aromatic rings. The number of nitrogens with zero attached hydrogens (tertiary/aromatic N) is 5. The van der Waals surface area contributed by atoms with Crippen LogP contribution in [0.4, 0.5) is 5.69 Å². The number of aliphatic hydroxyl groups is 1. The molecule has 2 aliphatic heterocycles. The molecule has 2 amide bonds. The lowest BCUT2D eigenvalue weighted by molar-refractivity contribution is -0.245. The maximum absolute atomic E-state index is 13.0. The van der Waals surface area contributed by atoms with Gasteiger partial charge in [0.05, 0.1) is 41.3 Å². The van der Waals surface area contributed by atoms with Crippen molar-refractivity contribution in [2.75, 3.05) is 10.7 Å². The predicted molar refractivity (Wildman–Crippen MR) is 162 cm³/mol. The van der Waals surface area contributed by atoms with Gasteiger partial charge < -0.3 is 14.6 Å². The van der Waals surface area contributed by atoms with E-state index in [9.17, 15) is 14.7 Å². The zero-order valence-corrected chi connectivity index (χ0v) is 24.2. The van der Waals surface area contributed by atoms with Crippen LogP contribution in [0.25, 0.3) is 5.69 Å². The Labute approximate surface area is 257 Å². The van der Waals surface area contributed by atoms with E-state index in [-0.39, 0.29) is 30.6 Å². The van der Waals surface area contributed by atoms with Crippen LogP contribution >= 0.6 is 11.8 Å². The van der Waals surface area contributed by atoms with Crippen LogP contribution in [0, 0.1) is 0 Å². The number of amides is 2. The highest BCUT2D eigenvalue weighted by atomic mass is 32.2. The summed E-state index contributed by atoms with van der Waals surface area (Å²) in [7, 11) is 0. The monoisotopic (exact) mass is 605 g/mol. The number of rotatable bonds is 8. The van der Waals surface area contributed by atoms with Crippen LogP contribution in [-0.2, 0) is 16.1 Å². The van der Waals surface area contributed by atoms with Gasteiger partial charge in [-0.15, -0.1) is 5.10 Å². The molecule has 0 aliphatic carbocycles. The Kier molecular flexibility index (Phi) is 7.75. The number of hydrogen-bond acceptors (Lipinski definition) is 9. The van der Waals surface area contributed by atoms with E-state index in [1.54, 1.807) is 41.1 Å². The molecular formula is C33H27N5O5S. The molecule has 1 N–H and O–H groups in total. The van der Waals surface area contributed by atoms with Crippen molar-refractivity contribution < 1.29 is 24.2 Å². The number of anilines is 1. The Hall–Kier alpha value is -4.68. The van der Waals surface area contributed by atoms with Gasteiger partial charge in [0.25, 0.3) is 11.8 Å². The molecule has 0 radical (unpaired) electrons. The minimum Gasteiger partial charge on any atom is -0.392 e. The largest absolute Gasteiger partial charge is 0.392 e. The summed E-state index contributed by atoms with van der Waals surface area (Å²) in [5, 5.41) is 22.4. The third-order valence-corrected chi connectivity index (χ3v) is 8.72. The quantitative estimate of drug-likeness (QED) is 0.186. The molecular weight excluding hydrogens is 578 g/mol. The van der Waals surface area contributed by atoms with E-state index in [1.807, 2.05) is 66.7 Å². The third-order valence-electron chi connectivity index (χ3n) is 7.67. The first kappa shape index (κ1) is 28.1. The lowest BCUT2D eigenvalue weighted by Gasteiger charge is -2.36. The van der Waals surface area contributed by atoms with Gasteiger partial charge in [-0.2, -0.15) is 4.68 Å². The molecule has 2 aliphatic rings. The smallest absolute Gasteiger partial charge is 0.266 e. The zero-order valence-electron chi connectivity index (χ0n) is 23.4. The number of para-hydroxylation sites is 1. The fourth-order valence-corrected chi connectivity index (χ4v) is 6.30. The van der Waals surface area contributed by atoms with E-state index in [4.69, 9.17) is 9.47 Å². The second-order valence-corrected chi connectivity index (χ2v) is 11.4. The first-order valence-electron chi connectivity index (χ1n) is 14.1. The van der Waals surface area contributed by atoms with Gasteiger partial charge in [-0.05, 0) is 58.0 Å². The molecule has 1 aromatic heterocycles. The van der Waals surface area contributed by atoms with E-state index in [0.717, 1.165) is 22.4 Å². The van der Waals surface area contributed by atoms with E-state index in [0.29, 0.717) is 34.1 Å². The number of carbonyl (C=O) groups is 2. The highest BCUT2D eigenvalue weighted by molar-refractivity contribution is 7.99. The first-order valence-corrected chi connectivity index (χ1v) is 15.1. The molecule has 0 bridgehead atoms. The zero-order chi connectivity index (χ0) is 30.0. The van der Waals surface area contributed by atoms with Gasteiger partial charge in [0.2, 0.25) is 5.16 Å². The lowest BCUT2D eigenvalue weighted by Crippen LogP contribution is -2.31. The summed E-state index contributed by atoms with van der Waals surface area (Å²) in [6, 6.07) is 31.3. The van der Waals surface area contributed by atoms with Crippen LogP contribution in [0.15, 0.2) is 108 Å². The van der Waals surface area contributed by atoms with Gasteiger partial charge >= 0.3 is 0 Å². The second kappa shape index (κ2) is 12.1. The van der Waals surface area contributed by atoms with Gasteiger partial charge in [0.15, 0.2) is 6.29 Å². The Morgan fingerprint density at radius 3 is 2.11 bits per heavy atom. The highest BCUT2D eigenvalue weighted by Gasteiger charge is 2.37. The molecule has 1 fully saturated rings. The molecule has 0 spiro atoms. The topological polar surface area (TPSA) is 120 Å². The first-order chi connectivity index (χ1) is 21.6. The SMILES string of the molecule is O=C1c2ccccc2C(=O)N1c1ccc(C2OC(CSc3nnnn3-c3ccccc3)CC(c3ccc(CO)cc3)O2)cc1. The predicted octanol–water partition coefficient (Wildman–Crippen LogP) is 5.29. The van der Waals surface area contributed by atoms with Crippen LogP contribution in [0.5, 0.6) is 0 Å². The van der Waals surface area contributed by atoms with Crippen molar-refractivity contribution in [3.8, 4) is 5.69 Å². The molecule has 0 saturated carbocycles.